The van der Waals surface area contributed by atoms with Crippen LogP contribution in [0.4, 0.5) is 0 Å². The lowest BCUT2D eigenvalue weighted by Gasteiger charge is -2.35. The summed E-state index contributed by atoms with van der Waals surface area (Å²) >= 11 is 0. The first-order valence-corrected chi connectivity index (χ1v) is 8.37. The summed E-state index contributed by atoms with van der Waals surface area (Å²) in [5.41, 5.74) is 0.0805. The number of halogens is 2. The maximum Gasteiger partial charge on any atom is 0.220 e. The van der Waals surface area contributed by atoms with E-state index in [0.717, 1.165) is 19.6 Å². The zero-order valence-electron chi connectivity index (χ0n) is 15.6. The molecule has 0 aliphatic carbocycles. The molecule has 2 N–H and O–H groups in total. The van der Waals surface area contributed by atoms with E-state index in [1.54, 1.807) is 0 Å². The minimum Gasteiger partial charge on any atom is -0.353 e. The maximum atomic E-state index is 12.3. The Labute approximate surface area is 155 Å². The number of nitrogens with zero attached hydrogens (tertiary/aromatic N) is 1. The SMILES string of the molecule is CC(CC(=O)NC(C)C(C)(C)CN(C)C)C1CCNCC1.Cl.Cl. The molecule has 0 radical (unpaired) electrons. The topological polar surface area (TPSA) is 44.4 Å². The van der Waals surface area contributed by atoms with Crippen molar-refractivity contribution in [2.24, 2.45) is 17.3 Å². The van der Waals surface area contributed by atoms with E-state index in [0.29, 0.717) is 18.3 Å². The molecule has 1 rings (SSSR count). The van der Waals surface area contributed by atoms with Crippen molar-refractivity contribution in [2.45, 2.75) is 53.0 Å². The van der Waals surface area contributed by atoms with Gasteiger partial charge in [0.25, 0.3) is 0 Å². The number of nitrogens with one attached hydrogen (secondary N) is 2. The van der Waals surface area contributed by atoms with Crippen LogP contribution in [0, 0.1) is 17.3 Å². The monoisotopic (exact) mass is 369 g/mol. The second-order valence-corrected chi connectivity index (χ2v) is 7.78. The first-order valence-electron chi connectivity index (χ1n) is 8.37. The first-order chi connectivity index (χ1) is 9.72. The van der Waals surface area contributed by atoms with Gasteiger partial charge in [-0.2, -0.15) is 0 Å². The van der Waals surface area contributed by atoms with Gasteiger partial charge in [0.1, 0.15) is 0 Å². The van der Waals surface area contributed by atoms with Crippen molar-refractivity contribution in [3.8, 4) is 0 Å². The molecular formula is C17H37Cl2N3O. The van der Waals surface area contributed by atoms with E-state index < -0.39 is 0 Å². The van der Waals surface area contributed by atoms with Crippen molar-refractivity contribution >= 4 is 30.7 Å². The van der Waals surface area contributed by atoms with Gasteiger partial charge in [0.05, 0.1) is 0 Å². The van der Waals surface area contributed by atoms with Crippen molar-refractivity contribution in [1.29, 1.82) is 0 Å². The molecule has 1 saturated heterocycles. The van der Waals surface area contributed by atoms with Gasteiger partial charge in [-0.1, -0.05) is 20.8 Å². The molecule has 1 heterocycles. The van der Waals surface area contributed by atoms with Gasteiger partial charge >= 0.3 is 0 Å². The quantitative estimate of drug-likeness (QED) is 0.724. The smallest absolute Gasteiger partial charge is 0.220 e. The van der Waals surface area contributed by atoms with Gasteiger partial charge in [0.15, 0.2) is 0 Å². The Hall–Kier alpha value is -0.0300. The molecule has 4 nitrogen and oxygen atoms in total. The summed E-state index contributed by atoms with van der Waals surface area (Å²) in [6.45, 7) is 12.0. The van der Waals surface area contributed by atoms with E-state index in [9.17, 15) is 4.79 Å². The van der Waals surface area contributed by atoms with Crippen molar-refractivity contribution in [1.82, 2.24) is 15.5 Å². The Bertz CT molecular complexity index is 332. The van der Waals surface area contributed by atoms with E-state index in [1.165, 1.54) is 12.8 Å². The van der Waals surface area contributed by atoms with Crippen LogP contribution in [-0.4, -0.2) is 50.6 Å². The fourth-order valence-corrected chi connectivity index (χ4v) is 3.32. The molecule has 23 heavy (non-hydrogen) atoms. The number of hydrogen-bond donors (Lipinski definition) is 2. The summed E-state index contributed by atoms with van der Waals surface area (Å²) in [6, 6.07) is 0.188. The summed E-state index contributed by atoms with van der Waals surface area (Å²) < 4.78 is 0. The Morgan fingerprint density at radius 2 is 1.74 bits per heavy atom. The molecule has 2 unspecified atom stereocenters. The number of carbonyl (C=O) groups is 1. The van der Waals surface area contributed by atoms with E-state index in [-0.39, 0.29) is 42.2 Å². The molecule has 1 aliphatic heterocycles. The molecule has 0 bridgehead atoms. The predicted octanol–water partition coefficient (Wildman–Crippen LogP) is 2.95. The Balaban J connectivity index is 0. The summed E-state index contributed by atoms with van der Waals surface area (Å²) in [7, 11) is 4.16. The van der Waals surface area contributed by atoms with Crippen LogP contribution in [0.3, 0.4) is 0 Å². The van der Waals surface area contributed by atoms with E-state index in [1.807, 2.05) is 0 Å². The van der Waals surface area contributed by atoms with Crippen LogP contribution in [-0.2, 0) is 4.79 Å². The van der Waals surface area contributed by atoms with E-state index >= 15 is 0 Å². The normalized spacial score (nSPS) is 18.6. The molecule has 6 heteroatoms. The Morgan fingerprint density at radius 3 is 2.22 bits per heavy atom. The summed E-state index contributed by atoms with van der Waals surface area (Å²) in [4.78, 5) is 14.5. The van der Waals surface area contributed by atoms with Crippen LogP contribution >= 0.6 is 24.8 Å². The van der Waals surface area contributed by atoms with Crippen molar-refractivity contribution in [2.75, 3.05) is 33.7 Å². The highest BCUT2D eigenvalue weighted by molar-refractivity contribution is 5.85. The van der Waals surface area contributed by atoms with Gasteiger partial charge in [0, 0.05) is 19.0 Å². The number of amides is 1. The predicted molar refractivity (Wildman–Crippen MR) is 104 cm³/mol. The van der Waals surface area contributed by atoms with Gasteiger partial charge in [-0.25, -0.2) is 0 Å². The van der Waals surface area contributed by atoms with Crippen LogP contribution in [0.1, 0.15) is 47.0 Å². The van der Waals surface area contributed by atoms with Crippen LogP contribution < -0.4 is 10.6 Å². The standard InChI is InChI=1S/C17H35N3O.2ClH/c1-13(15-7-9-18-10-8-15)11-16(21)19-14(2)17(3,4)12-20(5)6;;/h13-15,18H,7-12H2,1-6H3,(H,19,21);2*1H. The van der Waals surface area contributed by atoms with Crippen molar-refractivity contribution in [3.05, 3.63) is 0 Å². The lowest BCUT2D eigenvalue weighted by Crippen LogP contribution is -2.47. The van der Waals surface area contributed by atoms with Gasteiger partial charge < -0.3 is 15.5 Å². The van der Waals surface area contributed by atoms with Crippen LogP contribution in [0.2, 0.25) is 0 Å². The third-order valence-corrected chi connectivity index (χ3v) is 4.97. The lowest BCUT2D eigenvalue weighted by molar-refractivity contribution is -0.123. The average Bonchev–Trinajstić information content (AvgIpc) is 2.37. The Morgan fingerprint density at radius 1 is 1.22 bits per heavy atom. The zero-order valence-corrected chi connectivity index (χ0v) is 17.3. The first kappa shape index (κ1) is 25.2. The van der Waals surface area contributed by atoms with Gasteiger partial charge in [-0.05, 0) is 64.2 Å². The van der Waals surface area contributed by atoms with Crippen LogP contribution in [0.5, 0.6) is 0 Å². The number of piperidine rings is 1. The minimum absolute atomic E-state index is 0. The van der Waals surface area contributed by atoms with E-state index in [4.69, 9.17) is 0 Å². The largest absolute Gasteiger partial charge is 0.353 e. The lowest BCUT2D eigenvalue weighted by atomic mass is 9.83. The minimum atomic E-state index is 0. The Kier molecular flexibility index (Phi) is 12.6. The fourth-order valence-electron chi connectivity index (χ4n) is 3.32. The molecule has 0 spiro atoms. The maximum absolute atomic E-state index is 12.3. The van der Waals surface area contributed by atoms with Crippen molar-refractivity contribution < 1.29 is 4.79 Å². The third-order valence-electron chi connectivity index (χ3n) is 4.97. The molecule has 0 saturated carbocycles. The van der Waals surface area contributed by atoms with Gasteiger partial charge in [-0.15, -0.1) is 24.8 Å². The molecule has 1 fully saturated rings. The zero-order chi connectivity index (χ0) is 16.0. The van der Waals surface area contributed by atoms with Gasteiger partial charge in [-0.3, -0.25) is 4.79 Å². The summed E-state index contributed by atoms with van der Waals surface area (Å²) in [5, 5.41) is 6.60. The fraction of sp³-hybridized carbons (Fsp3) is 0.941. The summed E-state index contributed by atoms with van der Waals surface area (Å²) in [5.74, 6) is 1.39. The highest BCUT2D eigenvalue weighted by Gasteiger charge is 2.29. The molecule has 0 aromatic heterocycles. The van der Waals surface area contributed by atoms with Gasteiger partial charge in [0.2, 0.25) is 5.91 Å². The number of rotatable bonds is 7. The number of carbonyl (C=O) groups excluding carboxylic acids is 1. The van der Waals surface area contributed by atoms with Crippen LogP contribution in [0.25, 0.3) is 0 Å². The second-order valence-electron chi connectivity index (χ2n) is 7.78. The summed E-state index contributed by atoms with van der Waals surface area (Å²) in [6.07, 6.45) is 3.07. The molecule has 0 aromatic carbocycles. The molecule has 0 aromatic rings. The molecule has 1 amide bonds. The van der Waals surface area contributed by atoms with E-state index in [2.05, 4.69) is 57.3 Å². The average molecular weight is 370 g/mol. The molecular weight excluding hydrogens is 333 g/mol. The third kappa shape index (κ3) is 9.13. The molecule has 2 atom stereocenters. The highest BCUT2D eigenvalue weighted by atomic mass is 35.5. The van der Waals surface area contributed by atoms with Crippen molar-refractivity contribution in [3.63, 3.8) is 0 Å². The molecule has 1 aliphatic rings. The second kappa shape index (κ2) is 11.5. The number of hydrogen-bond acceptors (Lipinski definition) is 3. The molecule has 140 valence electrons. The van der Waals surface area contributed by atoms with Crippen LogP contribution in [0.15, 0.2) is 0 Å². The highest BCUT2D eigenvalue weighted by Crippen LogP contribution is 2.25.